The molecule has 2 heterocycles. The molecule has 1 unspecified atom stereocenters. The van der Waals surface area contributed by atoms with Crippen LogP contribution >= 0.6 is 0 Å². The van der Waals surface area contributed by atoms with Crippen LogP contribution in [0.1, 0.15) is 11.1 Å². The molecule has 0 saturated carbocycles. The number of amides is 1. The summed E-state index contributed by atoms with van der Waals surface area (Å²) in [6.07, 6.45) is 2.26. The predicted molar refractivity (Wildman–Crippen MR) is 112 cm³/mol. The molecule has 2 aromatic rings. The van der Waals surface area contributed by atoms with Gasteiger partial charge in [0.15, 0.2) is 0 Å². The van der Waals surface area contributed by atoms with Gasteiger partial charge in [-0.2, -0.15) is 4.31 Å². The van der Waals surface area contributed by atoms with E-state index in [4.69, 9.17) is 4.74 Å². The molecule has 6 nitrogen and oxygen atoms in total. The average Bonchev–Trinajstić information content (AvgIpc) is 2.78. The molecule has 0 radical (unpaired) electrons. The number of carbonyl (C=O) groups is 1. The first kappa shape index (κ1) is 19.7. The Bertz CT molecular complexity index is 996. The maximum atomic E-state index is 12.9. The highest BCUT2D eigenvalue weighted by Crippen LogP contribution is 2.28. The van der Waals surface area contributed by atoms with E-state index in [1.165, 1.54) is 9.71 Å². The van der Waals surface area contributed by atoms with E-state index in [9.17, 15) is 13.2 Å². The zero-order valence-electron chi connectivity index (χ0n) is 16.1. The SMILES string of the molecule is O=C(C1COc2ccccc2C1)N1CCN(S(=O)(=O)/C=C/c2ccccc2)CC1. The molecule has 4 rings (SSSR count). The van der Waals surface area contributed by atoms with Crippen LogP contribution in [-0.4, -0.2) is 56.3 Å². The average molecular weight is 413 g/mol. The molecule has 0 aromatic heterocycles. The van der Waals surface area contributed by atoms with E-state index in [-0.39, 0.29) is 11.8 Å². The van der Waals surface area contributed by atoms with Crippen molar-refractivity contribution in [2.45, 2.75) is 6.42 Å². The zero-order valence-corrected chi connectivity index (χ0v) is 16.9. The highest BCUT2D eigenvalue weighted by Gasteiger charge is 2.33. The van der Waals surface area contributed by atoms with Gasteiger partial charge in [0.1, 0.15) is 12.4 Å². The number of carbonyl (C=O) groups excluding carboxylic acids is 1. The summed E-state index contributed by atoms with van der Waals surface area (Å²) >= 11 is 0. The molecule has 29 heavy (non-hydrogen) atoms. The van der Waals surface area contributed by atoms with Gasteiger partial charge in [0.2, 0.25) is 15.9 Å². The quantitative estimate of drug-likeness (QED) is 0.773. The van der Waals surface area contributed by atoms with E-state index in [1.54, 1.807) is 11.0 Å². The molecule has 152 valence electrons. The minimum absolute atomic E-state index is 0.0383. The molecule has 1 amide bonds. The summed E-state index contributed by atoms with van der Waals surface area (Å²) in [5.74, 6) is 0.667. The lowest BCUT2D eigenvalue weighted by molar-refractivity contribution is -0.138. The molecule has 0 aliphatic carbocycles. The Labute approximate surface area is 171 Å². The van der Waals surface area contributed by atoms with Crippen molar-refractivity contribution in [2.75, 3.05) is 32.8 Å². The number of nitrogens with zero attached hydrogens (tertiary/aromatic N) is 2. The summed E-state index contributed by atoms with van der Waals surface area (Å²) in [6, 6.07) is 17.1. The van der Waals surface area contributed by atoms with Crippen LogP contribution in [0.4, 0.5) is 0 Å². The molecule has 7 heteroatoms. The maximum Gasteiger partial charge on any atom is 0.236 e. The number of fused-ring (bicyclic) bond motifs is 1. The van der Waals surface area contributed by atoms with E-state index in [2.05, 4.69) is 0 Å². The third-order valence-corrected chi connectivity index (χ3v) is 6.94. The van der Waals surface area contributed by atoms with Gasteiger partial charge in [-0.05, 0) is 29.7 Å². The van der Waals surface area contributed by atoms with Gasteiger partial charge in [-0.1, -0.05) is 48.5 Å². The van der Waals surface area contributed by atoms with E-state index in [0.717, 1.165) is 16.9 Å². The zero-order chi connectivity index (χ0) is 20.3. The van der Waals surface area contributed by atoms with Crippen LogP contribution in [0.25, 0.3) is 6.08 Å². The maximum absolute atomic E-state index is 12.9. The Morgan fingerprint density at radius 2 is 1.66 bits per heavy atom. The second-order valence-electron chi connectivity index (χ2n) is 7.30. The first-order chi connectivity index (χ1) is 14.0. The van der Waals surface area contributed by atoms with Crippen molar-refractivity contribution in [1.82, 2.24) is 9.21 Å². The molecule has 0 spiro atoms. The van der Waals surface area contributed by atoms with Gasteiger partial charge in [0, 0.05) is 31.6 Å². The van der Waals surface area contributed by atoms with Crippen LogP contribution in [0, 0.1) is 5.92 Å². The van der Waals surface area contributed by atoms with E-state index in [0.29, 0.717) is 39.2 Å². The Morgan fingerprint density at radius 3 is 2.41 bits per heavy atom. The van der Waals surface area contributed by atoms with Crippen LogP contribution < -0.4 is 4.74 Å². The Morgan fingerprint density at radius 1 is 0.966 bits per heavy atom. The molecule has 0 bridgehead atoms. The van der Waals surface area contributed by atoms with Crippen molar-refractivity contribution in [3.8, 4) is 5.75 Å². The lowest BCUT2D eigenvalue weighted by atomic mass is 9.95. The summed E-state index contributed by atoms with van der Waals surface area (Å²) < 4.78 is 32.3. The predicted octanol–water partition coefficient (Wildman–Crippen LogP) is 2.38. The van der Waals surface area contributed by atoms with Crippen molar-refractivity contribution in [3.63, 3.8) is 0 Å². The van der Waals surface area contributed by atoms with Gasteiger partial charge in [-0.3, -0.25) is 4.79 Å². The summed E-state index contributed by atoms with van der Waals surface area (Å²) in [7, 11) is -3.51. The van der Waals surface area contributed by atoms with Gasteiger partial charge in [0.05, 0.1) is 5.92 Å². The Kier molecular flexibility index (Phi) is 5.69. The van der Waals surface area contributed by atoms with Crippen LogP contribution in [-0.2, 0) is 21.2 Å². The number of para-hydroxylation sites is 1. The van der Waals surface area contributed by atoms with E-state index < -0.39 is 10.0 Å². The van der Waals surface area contributed by atoms with Crippen LogP contribution in [0.3, 0.4) is 0 Å². The van der Waals surface area contributed by atoms with Gasteiger partial charge in [0.25, 0.3) is 0 Å². The topological polar surface area (TPSA) is 66.9 Å². The lowest BCUT2D eigenvalue weighted by Gasteiger charge is -2.36. The molecule has 1 saturated heterocycles. The van der Waals surface area contributed by atoms with Gasteiger partial charge in [-0.15, -0.1) is 0 Å². The van der Waals surface area contributed by atoms with Crippen molar-refractivity contribution in [1.29, 1.82) is 0 Å². The number of benzene rings is 2. The number of ether oxygens (including phenoxy) is 1. The van der Waals surface area contributed by atoms with Crippen molar-refractivity contribution in [2.24, 2.45) is 5.92 Å². The van der Waals surface area contributed by atoms with Crippen LogP contribution in [0.2, 0.25) is 0 Å². The molecule has 2 aliphatic rings. The number of hydrogen-bond acceptors (Lipinski definition) is 4. The Balaban J connectivity index is 1.34. The van der Waals surface area contributed by atoms with Crippen molar-refractivity contribution >= 4 is 22.0 Å². The van der Waals surface area contributed by atoms with Crippen LogP contribution in [0.15, 0.2) is 60.0 Å². The third-order valence-electron chi connectivity index (χ3n) is 5.37. The van der Waals surface area contributed by atoms with E-state index >= 15 is 0 Å². The molecule has 2 aliphatic heterocycles. The summed E-state index contributed by atoms with van der Waals surface area (Å²) in [4.78, 5) is 14.7. The fraction of sp³-hybridized carbons (Fsp3) is 0.318. The Hall–Kier alpha value is -2.64. The number of rotatable bonds is 4. The normalized spacial score (nSPS) is 20.3. The third kappa shape index (κ3) is 4.52. The highest BCUT2D eigenvalue weighted by atomic mass is 32.2. The monoisotopic (exact) mass is 412 g/mol. The fourth-order valence-corrected chi connectivity index (χ4v) is 4.90. The highest BCUT2D eigenvalue weighted by molar-refractivity contribution is 7.92. The largest absolute Gasteiger partial charge is 0.492 e. The number of sulfonamides is 1. The minimum Gasteiger partial charge on any atom is -0.492 e. The smallest absolute Gasteiger partial charge is 0.236 e. The molecular weight excluding hydrogens is 388 g/mol. The first-order valence-corrected chi connectivity index (χ1v) is 11.3. The standard InChI is InChI=1S/C22H24N2O4S/c25-22(20-16-19-8-4-5-9-21(19)28-17-20)23-11-13-24(14-12-23)29(26,27)15-10-18-6-2-1-3-7-18/h1-10,15,20H,11-14,16-17H2/b15-10+. The first-order valence-electron chi connectivity index (χ1n) is 9.76. The number of hydrogen-bond donors (Lipinski definition) is 0. The summed E-state index contributed by atoms with van der Waals surface area (Å²) in [6.45, 7) is 1.77. The summed E-state index contributed by atoms with van der Waals surface area (Å²) in [5.41, 5.74) is 1.88. The number of piperazine rings is 1. The second-order valence-corrected chi connectivity index (χ2v) is 9.12. The lowest BCUT2D eigenvalue weighted by Crippen LogP contribution is -2.52. The molecular formula is C22H24N2O4S. The molecule has 1 fully saturated rings. The fourth-order valence-electron chi connectivity index (χ4n) is 3.72. The van der Waals surface area contributed by atoms with Crippen molar-refractivity contribution < 1.29 is 17.9 Å². The molecule has 2 aromatic carbocycles. The van der Waals surface area contributed by atoms with Gasteiger partial charge >= 0.3 is 0 Å². The van der Waals surface area contributed by atoms with E-state index in [1.807, 2.05) is 54.6 Å². The van der Waals surface area contributed by atoms with Gasteiger partial charge in [-0.25, -0.2) is 8.42 Å². The van der Waals surface area contributed by atoms with Crippen LogP contribution in [0.5, 0.6) is 5.75 Å². The molecule has 0 N–H and O–H groups in total. The van der Waals surface area contributed by atoms with Crippen molar-refractivity contribution in [3.05, 3.63) is 71.1 Å². The second kappa shape index (κ2) is 8.39. The minimum atomic E-state index is -3.51. The summed E-state index contributed by atoms with van der Waals surface area (Å²) in [5, 5.41) is 1.24. The molecule has 1 atom stereocenters. The van der Waals surface area contributed by atoms with Gasteiger partial charge < -0.3 is 9.64 Å².